The van der Waals surface area contributed by atoms with E-state index in [1.807, 2.05) is 43.3 Å². The summed E-state index contributed by atoms with van der Waals surface area (Å²) in [6, 6.07) is 22.6. The fraction of sp³-hybridized carbons (Fsp3) is 0.115. The molecule has 0 radical (unpaired) electrons. The third-order valence-electron chi connectivity index (χ3n) is 5.44. The average molecular weight is 483 g/mol. The van der Waals surface area contributed by atoms with Gasteiger partial charge in [0.15, 0.2) is 0 Å². The zero-order valence-electron chi connectivity index (χ0n) is 18.2. The van der Waals surface area contributed by atoms with Crippen molar-refractivity contribution in [3.63, 3.8) is 0 Å². The van der Waals surface area contributed by atoms with Crippen LogP contribution in [0.5, 0.6) is 0 Å². The van der Waals surface area contributed by atoms with Crippen LogP contribution in [0.1, 0.15) is 18.2 Å². The van der Waals surface area contributed by atoms with E-state index < -0.39 is 21.8 Å². The lowest BCUT2D eigenvalue weighted by Crippen LogP contribution is -2.11. The molecule has 0 saturated carbocycles. The Morgan fingerprint density at radius 2 is 1.38 bits per heavy atom. The highest BCUT2D eigenvalue weighted by molar-refractivity contribution is 7.89. The molecular weight excluding hydrogens is 461 g/mol. The first kappa shape index (κ1) is 23.7. The number of nitrogens with two attached hydrogens (primary N) is 1. The Morgan fingerprint density at radius 1 is 0.765 bits per heavy atom. The summed E-state index contributed by atoms with van der Waals surface area (Å²) in [5.74, 6) is 0. The predicted octanol–water partition coefficient (Wildman–Crippen LogP) is 6.31. The van der Waals surface area contributed by atoms with Crippen molar-refractivity contribution in [3.05, 3.63) is 96.2 Å². The minimum Gasteiger partial charge on any atom is -0.253 e. The summed E-state index contributed by atoms with van der Waals surface area (Å²) in [4.78, 5) is 4.72. The Hall–Kier alpha value is -3.49. The highest BCUT2D eigenvalue weighted by Crippen LogP contribution is 2.33. The van der Waals surface area contributed by atoms with Gasteiger partial charge in [0, 0.05) is 11.3 Å². The molecule has 2 N–H and O–H groups in total. The molecule has 0 saturated heterocycles. The van der Waals surface area contributed by atoms with E-state index in [2.05, 4.69) is 0 Å². The maximum atomic E-state index is 12.9. The fourth-order valence-corrected chi connectivity index (χ4v) is 4.21. The number of halogens is 3. The van der Waals surface area contributed by atoms with Crippen molar-refractivity contribution in [1.82, 2.24) is 4.98 Å². The lowest BCUT2D eigenvalue weighted by molar-refractivity contribution is -0.137. The Labute approximate surface area is 196 Å². The summed E-state index contributed by atoms with van der Waals surface area (Å²) in [5, 5.41) is 5.26. The number of sulfonamides is 1. The van der Waals surface area contributed by atoms with Gasteiger partial charge in [-0.2, -0.15) is 13.2 Å². The maximum Gasteiger partial charge on any atom is 0.416 e. The number of primary sulfonamides is 1. The van der Waals surface area contributed by atoms with Crippen molar-refractivity contribution in [1.29, 1.82) is 0 Å². The lowest BCUT2D eigenvalue weighted by atomic mass is 9.98. The Balaban J connectivity index is 1.76. The summed E-state index contributed by atoms with van der Waals surface area (Å²) in [5.41, 5.74) is 4.44. The number of alkyl halides is 3. The molecule has 1 aromatic heterocycles. The van der Waals surface area contributed by atoms with E-state index in [9.17, 15) is 21.6 Å². The average Bonchev–Trinajstić information content (AvgIpc) is 2.83. The number of aromatic nitrogens is 1. The van der Waals surface area contributed by atoms with Gasteiger partial charge in [0.25, 0.3) is 0 Å². The normalized spacial score (nSPS) is 12.0. The van der Waals surface area contributed by atoms with Gasteiger partial charge in [-0.15, -0.1) is 0 Å². The van der Waals surface area contributed by atoms with E-state index in [1.54, 1.807) is 12.1 Å². The largest absolute Gasteiger partial charge is 0.416 e. The van der Waals surface area contributed by atoms with Crippen molar-refractivity contribution in [2.75, 3.05) is 0 Å². The third kappa shape index (κ3) is 5.18. The number of pyridine rings is 1. The standard InChI is InChI=1S/C26H21F3N2O2S/c1-2-23-14-21(17-9-11-22(12-10-17)26(27,28)29)16-25(31-23)20-7-3-5-18(13-20)19-6-4-8-24(15-19)34(30,32)33/h3-16H,2H2,1H3,(H2,30,32,33). The topological polar surface area (TPSA) is 73.1 Å². The van der Waals surface area contributed by atoms with Crippen LogP contribution in [0.3, 0.4) is 0 Å². The first-order valence-electron chi connectivity index (χ1n) is 10.5. The zero-order chi connectivity index (χ0) is 24.5. The van der Waals surface area contributed by atoms with Crippen molar-refractivity contribution >= 4 is 10.0 Å². The van der Waals surface area contributed by atoms with Crippen LogP contribution in [0.15, 0.2) is 89.8 Å². The molecule has 34 heavy (non-hydrogen) atoms. The van der Waals surface area contributed by atoms with Crippen LogP contribution in [0.2, 0.25) is 0 Å². The summed E-state index contributed by atoms with van der Waals surface area (Å²) in [7, 11) is -3.84. The van der Waals surface area contributed by atoms with Gasteiger partial charge in [0.2, 0.25) is 10.0 Å². The molecule has 0 aliphatic heterocycles. The van der Waals surface area contributed by atoms with E-state index >= 15 is 0 Å². The van der Waals surface area contributed by atoms with Crippen molar-refractivity contribution < 1.29 is 21.6 Å². The minimum atomic E-state index is -4.39. The van der Waals surface area contributed by atoms with Crippen LogP contribution >= 0.6 is 0 Å². The molecule has 174 valence electrons. The second kappa shape index (κ2) is 9.04. The van der Waals surface area contributed by atoms with E-state index in [0.717, 1.165) is 34.5 Å². The highest BCUT2D eigenvalue weighted by Gasteiger charge is 2.30. The molecule has 0 bridgehead atoms. The van der Waals surface area contributed by atoms with Gasteiger partial charge in [-0.05, 0) is 71.1 Å². The van der Waals surface area contributed by atoms with E-state index in [-0.39, 0.29) is 4.90 Å². The van der Waals surface area contributed by atoms with Crippen LogP contribution in [0, 0.1) is 0 Å². The molecule has 4 rings (SSSR count). The molecule has 0 fully saturated rings. The molecule has 0 spiro atoms. The van der Waals surface area contributed by atoms with Gasteiger partial charge in [-0.1, -0.05) is 49.4 Å². The minimum absolute atomic E-state index is 0.0195. The van der Waals surface area contributed by atoms with Gasteiger partial charge in [0.05, 0.1) is 16.2 Å². The molecule has 8 heteroatoms. The molecule has 3 aromatic carbocycles. The highest BCUT2D eigenvalue weighted by atomic mass is 32.2. The monoisotopic (exact) mass is 482 g/mol. The Bertz CT molecular complexity index is 1450. The second-order valence-electron chi connectivity index (χ2n) is 7.81. The molecule has 4 nitrogen and oxygen atoms in total. The number of hydrogen-bond donors (Lipinski definition) is 1. The maximum absolute atomic E-state index is 12.9. The molecule has 0 unspecified atom stereocenters. The number of nitrogens with zero attached hydrogens (tertiary/aromatic N) is 1. The van der Waals surface area contributed by atoms with Crippen LogP contribution in [0.4, 0.5) is 13.2 Å². The first-order chi connectivity index (χ1) is 16.0. The first-order valence-corrected chi connectivity index (χ1v) is 12.0. The number of aryl methyl sites for hydroxylation is 1. The molecule has 4 aromatic rings. The van der Waals surface area contributed by atoms with Gasteiger partial charge >= 0.3 is 6.18 Å². The molecule has 0 amide bonds. The third-order valence-corrected chi connectivity index (χ3v) is 6.35. The second-order valence-corrected chi connectivity index (χ2v) is 9.38. The van der Waals surface area contributed by atoms with Crippen molar-refractivity contribution in [2.24, 2.45) is 5.14 Å². The summed E-state index contributed by atoms with van der Waals surface area (Å²) in [6.07, 6.45) is -3.74. The van der Waals surface area contributed by atoms with Crippen LogP contribution < -0.4 is 5.14 Å². The van der Waals surface area contributed by atoms with E-state index in [0.29, 0.717) is 23.2 Å². The summed E-state index contributed by atoms with van der Waals surface area (Å²) in [6.45, 7) is 1.96. The number of benzene rings is 3. The van der Waals surface area contributed by atoms with Crippen molar-refractivity contribution in [3.8, 4) is 33.5 Å². The van der Waals surface area contributed by atoms with Gasteiger partial charge in [-0.3, -0.25) is 4.98 Å². The van der Waals surface area contributed by atoms with Crippen LogP contribution in [0.25, 0.3) is 33.5 Å². The predicted molar refractivity (Wildman–Crippen MR) is 126 cm³/mol. The molecule has 0 atom stereocenters. The Kier molecular flexibility index (Phi) is 6.29. The quantitative estimate of drug-likeness (QED) is 0.362. The van der Waals surface area contributed by atoms with Gasteiger partial charge in [0.1, 0.15) is 0 Å². The molecular formula is C26H21F3N2O2S. The molecule has 0 aliphatic rings. The molecule has 0 aliphatic carbocycles. The lowest BCUT2D eigenvalue weighted by Gasteiger charge is -2.12. The van der Waals surface area contributed by atoms with E-state index in [4.69, 9.17) is 10.1 Å². The van der Waals surface area contributed by atoms with Gasteiger partial charge in [-0.25, -0.2) is 13.6 Å². The summed E-state index contributed by atoms with van der Waals surface area (Å²) < 4.78 is 62.3. The van der Waals surface area contributed by atoms with E-state index in [1.165, 1.54) is 24.3 Å². The zero-order valence-corrected chi connectivity index (χ0v) is 19.0. The smallest absolute Gasteiger partial charge is 0.253 e. The number of rotatable bonds is 5. The number of hydrogen-bond acceptors (Lipinski definition) is 3. The van der Waals surface area contributed by atoms with Crippen molar-refractivity contribution in [2.45, 2.75) is 24.4 Å². The SMILES string of the molecule is CCc1cc(-c2ccc(C(F)(F)F)cc2)cc(-c2cccc(-c3cccc(S(N)(=O)=O)c3)c2)n1. The molecule has 1 heterocycles. The fourth-order valence-electron chi connectivity index (χ4n) is 3.65. The van der Waals surface area contributed by atoms with Crippen LogP contribution in [-0.4, -0.2) is 13.4 Å². The van der Waals surface area contributed by atoms with Gasteiger partial charge < -0.3 is 0 Å². The van der Waals surface area contributed by atoms with Crippen LogP contribution in [-0.2, 0) is 22.6 Å². The Morgan fingerprint density at radius 3 is 2.00 bits per heavy atom. The summed E-state index contributed by atoms with van der Waals surface area (Å²) >= 11 is 0.